The third kappa shape index (κ3) is 4.66. The number of carbonyl (C=O) groups excluding carboxylic acids is 1. The number of nitrogens with zero attached hydrogens (tertiary/aromatic N) is 1. The monoisotopic (exact) mass is 395 g/mol. The molecule has 0 bridgehead atoms. The molecule has 3 rings (SSSR count). The van der Waals surface area contributed by atoms with Crippen LogP contribution in [0.4, 0.5) is 5.69 Å². The van der Waals surface area contributed by atoms with E-state index in [1.54, 1.807) is 6.07 Å². The van der Waals surface area contributed by atoms with Crippen LogP contribution in [0.1, 0.15) is 38.2 Å². The summed E-state index contributed by atoms with van der Waals surface area (Å²) in [6, 6.07) is 19.5. The highest BCUT2D eigenvalue weighted by molar-refractivity contribution is 6.33. The third-order valence-corrected chi connectivity index (χ3v) is 5.29. The number of halogens is 1. The van der Waals surface area contributed by atoms with Crippen LogP contribution >= 0.6 is 11.6 Å². The summed E-state index contributed by atoms with van der Waals surface area (Å²) in [6.45, 7) is 2.73. The molecule has 0 aliphatic rings. The van der Waals surface area contributed by atoms with Crippen molar-refractivity contribution in [1.82, 2.24) is 0 Å². The lowest BCUT2D eigenvalue weighted by Gasteiger charge is -2.25. The minimum Gasteiger partial charge on any atom is -0.506 e. The van der Waals surface area contributed by atoms with E-state index in [9.17, 15) is 9.90 Å². The predicted octanol–water partition coefficient (Wildman–Crippen LogP) is 6.35. The van der Waals surface area contributed by atoms with Gasteiger partial charge in [-0.25, -0.2) is 0 Å². The van der Waals surface area contributed by atoms with Gasteiger partial charge in [0.2, 0.25) is 5.91 Å². The fraction of sp³-hybridized carbons (Fsp3) is 0.292. The molecule has 1 N–H and O–H groups in total. The molecule has 3 aromatic carbocycles. The summed E-state index contributed by atoms with van der Waals surface area (Å²) < 4.78 is 0. The molecular formula is C24H26ClNO2. The SMILES string of the molecule is CCCCC(=O)N(CCCc1ccccc1)c1cccc2c(O)c(Cl)ccc12. The average molecular weight is 396 g/mol. The van der Waals surface area contributed by atoms with Gasteiger partial charge in [0.15, 0.2) is 0 Å². The first-order chi connectivity index (χ1) is 13.6. The molecule has 1 amide bonds. The number of carbonyl (C=O) groups is 1. The fourth-order valence-corrected chi connectivity index (χ4v) is 3.63. The molecule has 0 aliphatic carbocycles. The Hall–Kier alpha value is -2.52. The summed E-state index contributed by atoms with van der Waals surface area (Å²) in [5.41, 5.74) is 2.10. The van der Waals surface area contributed by atoms with Crippen molar-refractivity contribution in [3.05, 3.63) is 71.2 Å². The Morgan fingerprint density at radius 2 is 1.75 bits per heavy atom. The lowest BCUT2D eigenvalue weighted by atomic mass is 10.0. The molecule has 0 saturated heterocycles. The van der Waals surface area contributed by atoms with Gasteiger partial charge in [0.05, 0.1) is 10.7 Å². The minimum absolute atomic E-state index is 0.0614. The Kier molecular flexibility index (Phi) is 6.94. The maximum atomic E-state index is 13.0. The van der Waals surface area contributed by atoms with Crippen LogP contribution in [0.3, 0.4) is 0 Å². The molecule has 0 fully saturated rings. The average Bonchev–Trinajstić information content (AvgIpc) is 2.73. The molecule has 0 atom stereocenters. The van der Waals surface area contributed by atoms with Crippen LogP contribution in [0.2, 0.25) is 5.02 Å². The van der Waals surface area contributed by atoms with Gasteiger partial charge in [0.25, 0.3) is 0 Å². The number of phenolic OH excluding ortho intramolecular Hbond substituents is 1. The number of hydrogen-bond donors (Lipinski definition) is 1. The molecule has 3 nitrogen and oxygen atoms in total. The van der Waals surface area contributed by atoms with Gasteiger partial charge in [0.1, 0.15) is 5.75 Å². The van der Waals surface area contributed by atoms with Crippen molar-refractivity contribution >= 4 is 34.0 Å². The van der Waals surface area contributed by atoms with Crippen molar-refractivity contribution in [2.24, 2.45) is 0 Å². The van der Waals surface area contributed by atoms with Crippen molar-refractivity contribution in [2.45, 2.75) is 39.0 Å². The number of amides is 1. The number of hydrogen-bond acceptors (Lipinski definition) is 2. The Labute approximate surface area is 171 Å². The van der Waals surface area contributed by atoms with Crippen LogP contribution in [0.15, 0.2) is 60.7 Å². The summed E-state index contributed by atoms with van der Waals surface area (Å²) in [4.78, 5) is 14.8. The van der Waals surface area contributed by atoms with Gasteiger partial charge in [-0.05, 0) is 37.0 Å². The number of phenols is 1. The van der Waals surface area contributed by atoms with E-state index in [0.717, 1.165) is 36.8 Å². The van der Waals surface area contributed by atoms with Crippen LogP contribution in [-0.2, 0) is 11.2 Å². The summed E-state index contributed by atoms with van der Waals surface area (Å²) in [5, 5.41) is 12.2. The lowest BCUT2D eigenvalue weighted by molar-refractivity contribution is -0.118. The number of fused-ring (bicyclic) bond motifs is 1. The molecule has 146 valence electrons. The summed E-state index contributed by atoms with van der Waals surface area (Å²) in [7, 11) is 0. The molecule has 0 radical (unpaired) electrons. The smallest absolute Gasteiger partial charge is 0.226 e. The Balaban J connectivity index is 1.89. The van der Waals surface area contributed by atoms with Gasteiger partial charge in [-0.15, -0.1) is 0 Å². The first-order valence-electron chi connectivity index (χ1n) is 9.86. The van der Waals surface area contributed by atoms with E-state index in [1.165, 1.54) is 5.56 Å². The molecule has 0 heterocycles. The number of benzene rings is 3. The Morgan fingerprint density at radius 3 is 2.50 bits per heavy atom. The second kappa shape index (κ2) is 9.61. The van der Waals surface area contributed by atoms with E-state index in [2.05, 4.69) is 19.1 Å². The molecule has 3 aromatic rings. The molecule has 0 unspecified atom stereocenters. The van der Waals surface area contributed by atoms with Crippen LogP contribution in [0.25, 0.3) is 10.8 Å². The van der Waals surface area contributed by atoms with Crippen LogP contribution in [0, 0.1) is 0 Å². The van der Waals surface area contributed by atoms with E-state index in [-0.39, 0.29) is 11.7 Å². The topological polar surface area (TPSA) is 40.5 Å². The quantitative estimate of drug-likeness (QED) is 0.482. The van der Waals surface area contributed by atoms with Crippen molar-refractivity contribution in [3.8, 4) is 5.75 Å². The van der Waals surface area contributed by atoms with E-state index in [4.69, 9.17) is 11.6 Å². The maximum Gasteiger partial charge on any atom is 0.226 e. The lowest BCUT2D eigenvalue weighted by Crippen LogP contribution is -2.32. The van der Waals surface area contributed by atoms with Crippen LogP contribution < -0.4 is 4.90 Å². The van der Waals surface area contributed by atoms with Crippen LogP contribution in [-0.4, -0.2) is 17.6 Å². The predicted molar refractivity (Wildman–Crippen MR) is 117 cm³/mol. The molecule has 0 spiro atoms. The zero-order chi connectivity index (χ0) is 19.9. The number of aryl methyl sites for hydroxylation is 1. The van der Waals surface area contributed by atoms with Gasteiger partial charge in [-0.2, -0.15) is 0 Å². The van der Waals surface area contributed by atoms with Gasteiger partial charge >= 0.3 is 0 Å². The van der Waals surface area contributed by atoms with Gasteiger partial charge < -0.3 is 10.0 Å². The zero-order valence-corrected chi connectivity index (χ0v) is 17.0. The van der Waals surface area contributed by atoms with E-state index >= 15 is 0 Å². The molecule has 0 aromatic heterocycles. The fourth-order valence-electron chi connectivity index (χ4n) is 3.46. The molecule has 0 saturated carbocycles. The largest absolute Gasteiger partial charge is 0.506 e. The van der Waals surface area contributed by atoms with Gasteiger partial charge in [-0.3, -0.25) is 4.79 Å². The first kappa shape index (κ1) is 20.2. The number of unbranched alkanes of at least 4 members (excludes halogenated alkanes) is 1. The highest BCUT2D eigenvalue weighted by atomic mass is 35.5. The van der Waals surface area contributed by atoms with E-state index < -0.39 is 0 Å². The summed E-state index contributed by atoms with van der Waals surface area (Å²) >= 11 is 6.07. The van der Waals surface area contributed by atoms with Crippen molar-refractivity contribution in [2.75, 3.05) is 11.4 Å². The zero-order valence-electron chi connectivity index (χ0n) is 16.2. The Morgan fingerprint density at radius 1 is 0.964 bits per heavy atom. The first-order valence-corrected chi connectivity index (χ1v) is 10.2. The molecule has 4 heteroatoms. The van der Waals surface area contributed by atoms with Gasteiger partial charge in [0, 0.05) is 23.7 Å². The summed E-state index contributed by atoms with van der Waals surface area (Å²) in [5.74, 6) is 0.183. The van der Waals surface area contributed by atoms with Crippen molar-refractivity contribution < 1.29 is 9.90 Å². The van der Waals surface area contributed by atoms with E-state index in [0.29, 0.717) is 23.4 Å². The second-order valence-corrected chi connectivity index (χ2v) is 7.41. The number of anilines is 1. The summed E-state index contributed by atoms with van der Waals surface area (Å²) in [6.07, 6.45) is 4.17. The normalized spacial score (nSPS) is 10.9. The Bertz CT molecular complexity index is 940. The molecule has 28 heavy (non-hydrogen) atoms. The third-order valence-electron chi connectivity index (χ3n) is 4.99. The highest BCUT2D eigenvalue weighted by Crippen LogP contribution is 2.37. The number of aromatic hydroxyl groups is 1. The van der Waals surface area contributed by atoms with E-state index in [1.807, 2.05) is 47.4 Å². The van der Waals surface area contributed by atoms with Crippen LogP contribution in [0.5, 0.6) is 5.75 Å². The van der Waals surface area contributed by atoms with Gasteiger partial charge in [-0.1, -0.05) is 73.5 Å². The van der Waals surface area contributed by atoms with Crippen molar-refractivity contribution in [1.29, 1.82) is 0 Å². The highest BCUT2D eigenvalue weighted by Gasteiger charge is 2.18. The van der Waals surface area contributed by atoms with Crippen molar-refractivity contribution in [3.63, 3.8) is 0 Å². The maximum absolute atomic E-state index is 13.0. The second-order valence-electron chi connectivity index (χ2n) is 7.01. The molecule has 0 aliphatic heterocycles. The number of rotatable bonds is 8. The molecular weight excluding hydrogens is 370 g/mol. The minimum atomic E-state index is 0.0614. The standard InChI is InChI=1S/C24H26ClNO2/c1-2-3-14-23(27)26(17-8-11-18-9-5-4-6-10-18)22-13-7-12-20-19(22)15-16-21(25)24(20)28/h4-7,9-10,12-13,15-16,28H,2-3,8,11,14,17H2,1H3.